The minimum absolute atomic E-state index is 0.0491. The number of nitrogens with one attached hydrogen (secondary N) is 1. The second-order valence-corrected chi connectivity index (χ2v) is 5.89. The van der Waals surface area contributed by atoms with Crippen LogP contribution in [0, 0.1) is 5.92 Å². The van der Waals surface area contributed by atoms with E-state index in [-0.39, 0.29) is 35.9 Å². The van der Waals surface area contributed by atoms with Gasteiger partial charge in [0.15, 0.2) is 11.9 Å². The number of alkyl halides is 1. The third kappa shape index (κ3) is 3.47. The summed E-state index contributed by atoms with van der Waals surface area (Å²) in [6.07, 6.45) is -0.665. The smallest absolute Gasteiger partial charge is 0.268 e. The number of fused-ring (bicyclic) bond motifs is 1. The molecule has 1 unspecified atom stereocenters. The van der Waals surface area contributed by atoms with Crippen LogP contribution < -0.4 is 15.0 Å². The molecular weight excluding hydrogens is 320 g/mol. The van der Waals surface area contributed by atoms with Crippen LogP contribution in [-0.2, 0) is 9.59 Å². The summed E-state index contributed by atoms with van der Waals surface area (Å²) in [5.41, 5.74) is 0.784. The van der Waals surface area contributed by atoms with Crippen molar-refractivity contribution in [1.82, 2.24) is 5.32 Å². The fraction of sp³-hybridized carbons (Fsp3) is 0.438. The molecule has 1 heterocycles. The number of ether oxygens (including phenoxy) is 1. The van der Waals surface area contributed by atoms with Crippen LogP contribution in [-0.4, -0.2) is 43.2 Å². The molecule has 124 valence electrons. The summed E-state index contributed by atoms with van der Waals surface area (Å²) in [4.78, 5) is 37.5. The van der Waals surface area contributed by atoms with Crippen LogP contribution in [0.4, 0.5) is 5.69 Å². The van der Waals surface area contributed by atoms with Crippen LogP contribution in [0.3, 0.4) is 0 Å². The minimum atomic E-state index is -0.665. The zero-order valence-electron chi connectivity index (χ0n) is 13.3. The normalized spacial score (nSPS) is 16.8. The highest BCUT2D eigenvalue weighted by molar-refractivity contribution is 6.30. The number of halogens is 1. The number of Topliss-reactive ketones (excluding diaryl/α,β-unsaturated/α-hetero) is 1. The quantitative estimate of drug-likeness (QED) is 0.653. The Bertz CT molecular complexity index is 645. The number of rotatable bonds is 5. The molecule has 1 aliphatic rings. The number of ketones is 1. The van der Waals surface area contributed by atoms with Crippen molar-refractivity contribution in [3.63, 3.8) is 0 Å². The largest absolute Gasteiger partial charge is 0.478 e. The van der Waals surface area contributed by atoms with Gasteiger partial charge in [0.1, 0.15) is 12.3 Å². The van der Waals surface area contributed by atoms with E-state index >= 15 is 0 Å². The molecule has 2 amide bonds. The first-order valence-electron chi connectivity index (χ1n) is 7.30. The average Bonchev–Trinajstić information content (AvgIpc) is 2.55. The summed E-state index contributed by atoms with van der Waals surface area (Å²) < 4.78 is 5.75. The fourth-order valence-corrected chi connectivity index (χ4v) is 2.50. The van der Waals surface area contributed by atoms with Gasteiger partial charge in [0.05, 0.1) is 11.6 Å². The first-order chi connectivity index (χ1) is 10.9. The van der Waals surface area contributed by atoms with Crippen LogP contribution in [0.5, 0.6) is 5.75 Å². The lowest BCUT2D eigenvalue weighted by atomic mass is 10.0. The Hall–Kier alpha value is -2.08. The van der Waals surface area contributed by atoms with E-state index < -0.39 is 6.10 Å². The standard InChI is InChI=1S/C16H19ClN2O4/c1-9(2)15-16(22)19(8-14(21)18-3)11-6-10(12(20)7-17)4-5-13(11)23-15/h4-6,9,15H,7-8H2,1-3H3,(H,18,21). The number of hydrogen-bond donors (Lipinski definition) is 1. The number of hydrogen-bond acceptors (Lipinski definition) is 4. The molecular formula is C16H19ClN2O4. The van der Waals surface area contributed by atoms with Gasteiger partial charge in [-0.2, -0.15) is 0 Å². The Morgan fingerprint density at radius 3 is 2.65 bits per heavy atom. The molecule has 1 aromatic carbocycles. The van der Waals surface area contributed by atoms with Gasteiger partial charge >= 0.3 is 0 Å². The number of nitrogens with zero attached hydrogens (tertiary/aromatic N) is 1. The van der Waals surface area contributed by atoms with E-state index in [0.717, 1.165) is 0 Å². The zero-order valence-corrected chi connectivity index (χ0v) is 14.0. The minimum Gasteiger partial charge on any atom is -0.478 e. The van der Waals surface area contributed by atoms with Crippen molar-refractivity contribution in [3.8, 4) is 5.75 Å². The Labute approximate surface area is 139 Å². The van der Waals surface area contributed by atoms with E-state index in [1.807, 2.05) is 13.8 Å². The lowest BCUT2D eigenvalue weighted by molar-refractivity contribution is -0.130. The van der Waals surface area contributed by atoms with Crippen molar-refractivity contribution >= 4 is 34.9 Å². The van der Waals surface area contributed by atoms with E-state index in [0.29, 0.717) is 17.0 Å². The van der Waals surface area contributed by atoms with Gasteiger partial charge in [0, 0.05) is 12.6 Å². The first-order valence-corrected chi connectivity index (χ1v) is 7.84. The second-order valence-electron chi connectivity index (χ2n) is 5.62. The zero-order chi connectivity index (χ0) is 17.1. The molecule has 1 aliphatic heterocycles. The number of benzene rings is 1. The summed E-state index contributed by atoms with van der Waals surface area (Å²) in [7, 11) is 1.50. The summed E-state index contributed by atoms with van der Waals surface area (Å²) >= 11 is 5.58. The van der Waals surface area contributed by atoms with Gasteiger partial charge in [0.2, 0.25) is 5.91 Å². The maximum absolute atomic E-state index is 12.6. The fourth-order valence-electron chi connectivity index (χ4n) is 2.35. The van der Waals surface area contributed by atoms with E-state index in [1.54, 1.807) is 12.1 Å². The van der Waals surface area contributed by atoms with Crippen molar-refractivity contribution in [1.29, 1.82) is 0 Å². The van der Waals surface area contributed by atoms with Crippen LogP contribution in [0.2, 0.25) is 0 Å². The predicted molar refractivity (Wildman–Crippen MR) is 87.2 cm³/mol. The van der Waals surface area contributed by atoms with Gasteiger partial charge in [-0.3, -0.25) is 19.3 Å². The number of likely N-dealkylation sites (N-methyl/N-ethyl adjacent to an activating group) is 1. The second kappa shape index (κ2) is 7.00. The molecule has 23 heavy (non-hydrogen) atoms. The first kappa shape index (κ1) is 17.3. The van der Waals surface area contributed by atoms with E-state index in [2.05, 4.69) is 5.32 Å². The highest BCUT2D eigenvalue weighted by atomic mass is 35.5. The molecule has 0 fully saturated rings. The molecule has 0 aliphatic carbocycles. The highest BCUT2D eigenvalue weighted by Gasteiger charge is 2.37. The number of carbonyl (C=O) groups is 3. The number of amides is 2. The number of carbonyl (C=O) groups excluding carboxylic acids is 3. The summed E-state index contributed by atoms with van der Waals surface area (Å²) in [6, 6.07) is 4.78. The van der Waals surface area contributed by atoms with Crippen molar-refractivity contribution in [3.05, 3.63) is 23.8 Å². The molecule has 0 aromatic heterocycles. The van der Waals surface area contributed by atoms with Crippen LogP contribution >= 0.6 is 11.6 Å². The van der Waals surface area contributed by atoms with Gasteiger partial charge in [-0.1, -0.05) is 13.8 Å². The molecule has 0 radical (unpaired) electrons. The van der Waals surface area contributed by atoms with Crippen LogP contribution in [0.25, 0.3) is 0 Å². The molecule has 0 bridgehead atoms. The molecule has 6 nitrogen and oxygen atoms in total. The predicted octanol–water partition coefficient (Wildman–Crippen LogP) is 1.60. The van der Waals surface area contributed by atoms with Gasteiger partial charge in [-0.05, 0) is 24.1 Å². The maximum atomic E-state index is 12.6. The Balaban J connectivity index is 2.48. The summed E-state index contributed by atoms with van der Waals surface area (Å²) in [5.74, 6) is -0.593. The van der Waals surface area contributed by atoms with Crippen LogP contribution in [0.15, 0.2) is 18.2 Å². The van der Waals surface area contributed by atoms with Gasteiger partial charge in [-0.15, -0.1) is 11.6 Å². The molecule has 7 heteroatoms. The highest BCUT2D eigenvalue weighted by Crippen LogP contribution is 2.36. The Kier molecular flexibility index (Phi) is 5.26. The topological polar surface area (TPSA) is 75.7 Å². The lowest BCUT2D eigenvalue weighted by Crippen LogP contribution is -2.51. The third-order valence-electron chi connectivity index (χ3n) is 3.64. The molecule has 1 aromatic rings. The van der Waals surface area contributed by atoms with Crippen molar-refractivity contribution in [2.45, 2.75) is 20.0 Å². The van der Waals surface area contributed by atoms with Crippen LogP contribution in [0.1, 0.15) is 24.2 Å². The summed E-state index contributed by atoms with van der Waals surface area (Å²) in [6.45, 7) is 3.61. The summed E-state index contributed by atoms with van der Waals surface area (Å²) in [5, 5.41) is 2.49. The molecule has 1 N–H and O–H groups in total. The van der Waals surface area contributed by atoms with Gasteiger partial charge in [0.25, 0.3) is 5.91 Å². The molecule has 0 saturated heterocycles. The molecule has 1 atom stereocenters. The molecule has 0 spiro atoms. The van der Waals surface area contributed by atoms with Crippen molar-refractivity contribution in [2.75, 3.05) is 24.4 Å². The average molecular weight is 339 g/mol. The van der Waals surface area contributed by atoms with Gasteiger partial charge < -0.3 is 10.1 Å². The SMILES string of the molecule is CNC(=O)CN1C(=O)C(C(C)C)Oc2ccc(C(=O)CCl)cc21. The monoisotopic (exact) mass is 338 g/mol. The van der Waals surface area contributed by atoms with E-state index in [1.165, 1.54) is 18.0 Å². The van der Waals surface area contributed by atoms with Gasteiger partial charge in [-0.25, -0.2) is 0 Å². The van der Waals surface area contributed by atoms with E-state index in [9.17, 15) is 14.4 Å². The Morgan fingerprint density at radius 1 is 1.39 bits per heavy atom. The van der Waals surface area contributed by atoms with Crippen molar-refractivity contribution in [2.24, 2.45) is 5.92 Å². The van der Waals surface area contributed by atoms with Crippen molar-refractivity contribution < 1.29 is 19.1 Å². The maximum Gasteiger partial charge on any atom is 0.268 e. The Morgan fingerprint density at radius 2 is 2.09 bits per heavy atom. The lowest BCUT2D eigenvalue weighted by Gasteiger charge is -2.35. The third-order valence-corrected chi connectivity index (χ3v) is 3.89. The molecule has 2 rings (SSSR count). The molecule has 0 saturated carbocycles. The van der Waals surface area contributed by atoms with E-state index in [4.69, 9.17) is 16.3 Å². The number of anilines is 1.